The Morgan fingerprint density at radius 2 is 1.95 bits per heavy atom. The smallest absolute Gasteiger partial charge is 0.155 e. The molecule has 0 unspecified atom stereocenters. The molecule has 0 aliphatic rings. The van der Waals surface area contributed by atoms with E-state index in [2.05, 4.69) is 20.5 Å². The summed E-state index contributed by atoms with van der Waals surface area (Å²) in [4.78, 5) is 4.14. The maximum atomic E-state index is 13.0. The fourth-order valence-electron chi connectivity index (χ4n) is 2.19. The number of nitrogens with one attached hydrogen (secondary N) is 2. The second-order valence-corrected chi connectivity index (χ2v) is 4.83. The van der Waals surface area contributed by atoms with Crippen LogP contribution in [-0.2, 0) is 0 Å². The van der Waals surface area contributed by atoms with Crippen LogP contribution in [0.1, 0.15) is 18.5 Å². The van der Waals surface area contributed by atoms with Crippen LogP contribution in [0.4, 0.5) is 10.1 Å². The van der Waals surface area contributed by atoms with E-state index in [9.17, 15) is 4.39 Å². The molecule has 0 saturated carbocycles. The van der Waals surface area contributed by atoms with Gasteiger partial charge in [-0.3, -0.25) is 5.10 Å². The van der Waals surface area contributed by atoms with Gasteiger partial charge < -0.3 is 5.32 Å². The van der Waals surface area contributed by atoms with Crippen molar-refractivity contribution < 1.29 is 4.39 Å². The number of nitrogens with zero attached hydrogens (tertiary/aromatic N) is 2. The SMILES string of the molecule is C[C@@H](Nc1cccc(-c2ncn[nH]2)c1)c1ccc(F)cc1. The molecule has 0 aliphatic carbocycles. The third-order valence-corrected chi connectivity index (χ3v) is 3.30. The number of halogens is 1. The van der Waals surface area contributed by atoms with Crippen LogP contribution in [0.25, 0.3) is 11.4 Å². The lowest BCUT2D eigenvalue weighted by atomic mass is 10.1. The minimum atomic E-state index is -0.224. The predicted octanol–water partition coefficient (Wildman–Crippen LogP) is 3.78. The molecule has 1 atom stereocenters. The van der Waals surface area contributed by atoms with Crippen molar-refractivity contribution in [3.63, 3.8) is 0 Å². The monoisotopic (exact) mass is 282 g/mol. The molecule has 5 heteroatoms. The van der Waals surface area contributed by atoms with Crippen LogP contribution in [0.2, 0.25) is 0 Å². The predicted molar refractivity (Wildman–Crippen MR) is 80.3 cm³/mol. The van der Waals surface area contributed by atoms with Gasteiger partial charge in [-0.05, 0) is 36.8 Å². The fourth-order valence-corrected chi connectivity index (χ4v) is 2.19. The van der Waals surface area contributed by atoms with Crippen LogP contribution in [0, 0.1) is 5.82 Å². The summed E-state index contributed by atoms with van der Waals surface area (Å²) in [6.45, 7) is 2.04. The van der Waals surface area contributed by atoms with Gasteiger partial charge >= 0.3 is 0 Å². The van der Waals surface area contributed by atoms with Gasteiger partial charge in [0.25, 0.3) is 0 Å². The summed E-state index contributed by atoms with van der Waals surface area (Å²) < 4.78 is 13.0. The first-order valence-electron chi connectivity index (χ1n) is 6.70. The quantitative estimate of drug-likeness (QED) is 0.765. The Bertz CT molecular complexity index is 707. The highest BCUT2D eigenvalue weighted by Gasteiger charge is 2.07. The van der Waals surface area contributed by atoms with E-state index in [4.69, 9.17) is 0 Å². The summed E-state index contributed by atoms with van der Waals surface area (Å²) in [5.74, 6) is 0.506. The van der Waals surface area contributed by atoms with Gasteiger partial charge in [-0.2, -0.15) is 5.10 Å². The second kappa shape index (κ2) is 5.75. The van der Waals surface area contributed by atoms with Crippen LogP contribution < -0.4 is 5.32 Å². The van der Waals surface area contributed by atoms with Crippen LogP contribution >= 0.6 is 0 Å². The topological polar surface area (TPSA) is 53.6 Å². The Labute approximate surface area is 122 Å². The van der Waals surface area contributed by atoms with Crippen LogP contribution in [0.15, 0.2) is 54.9 Å². The highest BCUT2D eigenvalue weighted by Crippen LogP contribution is 2.23. The molecule has 2 N–H and O–H groups in total. The van der Waals surface area contributed by atoms with E-state index >= 15 is 0 Å². The van der Waals surface area contributed by atoms with Crippen LogP contribution in [-0.4, -0.2) is 15.2 Å². The standard InChI is InChI=1S/C16H15FN4/c1-11(12-5-7-14(17)8-6-12)20-15-4-2-3-13(9-15)16-18-10-19-21-16/h2-11,20H,1H3,(H,18,19,21)/t11-/m1/s1. The third-order valence-electron chi connectivity index (χ3n) is 3.30. The molecule has 0 fully saturated rings. The summed E-state index contributed by atoms with van der Waals surface area (Å²) in [5, 5.41) is 10.1. The summed E-state index contributed by atoms with van der Waals surface area (Å²) >= 11 is 0. The molecule has 21 heavy (non-hydrogen) atoms. The zero-order valence-corrected chi connectivity index (χ0v) is 11.5. The summed E-state index contributed by atoms with van der Waals surface area (Å²) in [7, 11) is 0. The molecule has 0 spiro atoms. The molecule has 0 bridgehead atoms. The molecule has 2 aromatic carbocycles. The average molecular weight is 282 g/mol. The van der Waals surface area contributed by atoms with E-state index < -0.39 is 0 Å². The van der Waals surface area contributed by atoms with E-state index in [0.717, 1.165) is 22.6 Å². The molecule has 0 radical (unpaired) electrons. The largest absolute Gasteiger partial charge is 0.379 e. The normalized spacial score (nSPS) is 12.1. The molecule has 1 heterocycles. The molecular weight excluding hydrogens is 267 g/mol. The molecule has 0 saturated heterocycles. The highest BCUT2D eigenvalue weighted by atomic mass is 19.1. The Kier molecular flexibility index (Phi) is 3.64. The van der Waals surface area contributed by atoms with E-state index in [0.29, 0.717) is 0 Å². The Hall–Kier alpha value is -2.69. The van der Waals surface area contributed by atoms with Gasteiger partial charge in [0.2, 0.25) is 0 Å². The molecular formula is C16H15FN4. The lowest BCUT2D eigenvalue weighted by molar-refractivity contribution is 0.626. The molecule has 0 aliphatic heterocycles. The first-order chi connectivity index (χ1) is 10.2. The summed E-state index contributed by atoms with van der Waals surface area (Å²) in [6, 6.07) is 14.5. The molecule has 0 amide bonds. The summed E-state index contributed by atoms with van der Waals surface area (Å²) in [5.41, 5.74) is 2.96. The van der Waals surface area contributed by atoms with Crippen molar-refractivity contribution in [1.82, 2.24) is 15.2 Å². The number of anilines is 1. The van der Waals surface area contributed by atoms with Gasteiger partial charge in [-0.1, -0.05) is 24.3 Å². The van der Waals surface area contributed by atoms with Crippen molar-refractivity contribution in [2.45, 2.75) is 13.0 Å². The van der Waals surface area contributed by atoms with E-state index in [1.807, 2.05) is 31.2 Å². The Balaban J connectivity index is 1.78. The number of hydrogen-bond donors (Lipinski definition) is 2. The van der Waals surface area contributed by atoms with Gasteiger partial charge in [-0.15, -0.1) is 0 Å². The first kappa shape index (κ1) is 13.3. The van der Waals surface area contributed by atoms with E-state index in [-0.39, 0.29) is 11.9 Å². The van der Waals surface area contributed by atoms with Gasteiger partial charge in [0, 0.05) is 17.3 Å². The van der Waals surface area contributed by atoms with Gasteiger partial charge in [0.1, 0.15) is 12.1 Å². The fraction of sp³-hybridized carbons (Fsp3) is 0.125. The van der Waals surface area contributed by atoms with Crippen molar-refractivity contribution in [3.8, 4) is 11.4 Å². The van der Waals surface area contributed by atoms with Crippen molar-refractivity contribution in [2.24, 2.45) is 0 Å². The summed E-state index contributed by atoms with van der Waals surface area (Å²) in [6.07, 6.45) is 1.48. The van der Waals surface area contributed by atoms with Crippen molar-refractivity contribution in [3.05, 3.63) is 66.2 Å². The van der Waals surface area contributed by atoms with Crippen molar-refractivity contribution in [2.75, 3.05) is 5.32 Å². The van der Waals surface area contributed by atoms with Gasteiger partial charge in [0.15, 0.2) is 5.82 Å². The first-order valence-corrected chi connectivity index (χ1v) is 6.70. The molecule has 4 nitrogen and oxygen atoms in total. The molecule has 1 aromatic heterocycles. The van der Waals surface area contributed by atoms with E-state index in [1.54, 1.807) is 12.1 Å². The highest BCUT2D eigenvalue weighted by molar-refractivity contribution is 5.62. The number of benzene rings is 2. The number of aromatic amines is 1. The zero-order valence-electron chi connectivity index (χ0n) is 11.5. The lowest BCUT2D eigenvalue weighted by Crippen LogP contribution is -2.06. The van der Waals surface area contributed by atoms with Gasteiger partial charge in [-0.25, -0.2) is 9.37 Å². The van der Waals surface area contributed by atoms with Crippen LogP contribution in [0.5, 0.6) is 0 Å². The maximum absolute atomic E-state index is 13.0. The van der Waals surface area contributed by atoms with Crippen LogP contribution in [0.3, 0.4) is 0 Å². The van der Waals surface area contributed by atoms with Gasteiger partial charge in [0.05, 0.1) is 0 Å². The Morgan fingerprint density at radius 3 is 2.67 bits per heavy atom. The number of H-pyrrole nitrogens is 1. The number of rotatable bonds is 4. The van der Waals surface area contributed by atoms with Crippen molar-refractivity contribution >= 4 is 5.69 Å². The minimum Gasteiger partial charge on any atom is -0.379 e. The molecule has 106 valence electrons. The zero-order chi connectivity index (χ0) is 14.7. The minimum absolute atomic E-state index is 0.0792. The Morgan fingerprint density at radius 1 is 1.14 bits per heavy atom. The second-order valence-electron chi connectivity index (χ2n) is 4.83. The van der Waals surface area contributed by atoms with Crippen molar-refractivity contribution in [1.29, 1.82) is 0 Å². The average Bonchev–Trinajstić information content (AvgIpc) is 3.02. The number of hydrogen-bond acceptors (Lipinski definition) is 3. The molecule has 3 aromatic rings. The number of aromatic nitrogens is 3. The maximum Gasteiger partial charge on any atom is 0.155 e. The third kappa shape index (κ3) is 3.08. The molecule has 3 rings (SSSR count). The lowest BCUT2D eigenvalue weighted by Gasteiger charge is -2.16. The van der Waals surface area contributed by atoms with E-state index in [1.165, 1.54) is 18.5 Å².